The molecule has 1 saturated carbocycles. The van der Waals surface area contributed by atoms with Crippen LogP contribution in [0.4, 0.5) is 0 Å². The predicted molar refractivity (Wildman–Crippen MR) is 85.9 cm³/mol. The normalized spacial score (nSPS) is 20.9. The maximum Gasteiger partial charge on any atom is 0.223 e. The number of rotatable bonds is 7. The van der Waals surface area contributed by atoms with Gasteiger partial charge in [-0.1, -0.05) is 5.21 Å². The molecule has 0 saturated heterocycles. The fourth-order valence-corrected chi connectivity index (χ4v) is 3.11. The van der Waals surface area contributed by atoms with Gasteiger partial charge in [0.05, 0.1) is 25.5 Å². The van der Waals surface area contributed by atoms with Gasteiger partial charge < -0.3 is 14.5 Å². The predicted octanol–water partition coefficient (Wildman–Crippen LogP) is 0.619. The highest BCUT2D eigenvalue weighted by Gasteiger charge is 2.34. The number of amides is 1. The lowest BCUT2D eigenvalue weighted by atomic mass is 9.98. The van der Waals surface area contributed by atoms with E-state index in [0.29, 0.717) is 38.6 Å². The molecule has 3 rings (SSSR count). The standard InChI is InChI=1S/C16H27N5O2/c1-19(2)6-7-23-11-13-9-21(15(22)8-12-4-5-12)10-14-16(13)20(3)18-17-14/h12-13H,4-11H2,1-3H3/t13-/m0/s1. The quantitative estimate of drug-likeness (QED) is 0.689. The van der Waals surface area contributed by atoms with Crippen molar-refractivity contribution in [3.8, 4) is 0 Å². The monoisotopic (exact) mass is 321 g/mol. The molecule has 1 aliphatic heterocycles. The largest absolute Gasteiger partial charge is 0.379 e. The molecule has 0 spiro atoms. The lowest BCUT2D eigenvalue weighted by Gasteiger charge is -2.32. The van der Waals surface area contributed by atoms with E-state index in [2.05, 4.69) is 15.2 Å². The number of hydrogen-bond donors (Lipinski definition) is 0. The highest BCUT2D eigenvalue weighted by atomic mass is 16.5. The topological polar surface area (TPSA) is 63.5 Å². The van der Waals surface area contributed by atoms with E-state index >= 15 is 0 Å². The van der Waals surface area contributed by atoms with Crippen molar-refractivity contribution in [1.82, 2.24) is 24.8 Å². The number of nitrogens with zero attached hydrogens (tertiary/aromatic N) is 5. The smallest absolute Gasteiger partial charge is 0.223 e. The number of carbonyl (C=O) groups is 1. The van der Waals surface area contributed by atoms with Crippen LogP contribution in [0.3, 0.4) is 0 Å². The van der Waals surface area contributed by atoms with Gasteiger partial charge in [-0.3, -0.25) is 9.48 Å². The van der Waals surface area contributed by atoms with Gasteiger partial charge in [0.25, 0.3) is 0 Å². The van der Waals surface area contributed by atoms with Crippen molar-refractivity contribution in [3.05, 3.63) is 11.4 Å². The molecular formula is C16H27N5O2. The minimum absolute atomic E-state index is 0.157. The Hall–Kier alpha value is -1.47. The van der Waals surface area contributed by atoms with Gasteiger partial charge in [-0.05, 0) is 32.9 Å². The van der Waals surface area contributed by atoms with Gasteiger partial charge in [-0.15, -0.1) is 5.10 Å². The first-order chi connectivity index (χ1) is 11.0. The highest BCUT2D eigenvalue weighted by molar-refractivity contribution is 5.77. The minimum atomic E-state index is 0.157. The molecule has 0 radical (unpaired) electrons. The summed E-state index contributed by atoms with van der Waals surface area (Å²) in [6.07, 6.45) is 3.09. The van der Waals surface area contributed by atoms with Crippen molar-refractivity contribution in [3.63, 3.8) is 0 Å². The summed E-state index contributed by atoms with van der Waals surface area (Å²) in [5.74, 6) is 1.02. The van der Waals surface area contributed by atoms with Crippen molar-refractivity contribution in [2.45, 2.75) is 31.7 Å². The zero-order valence-electron chi connectivity index (χ0n) is 14.4. The van der Waals surface area contributed by atoms with E-state index in [1.54, 1.807) is 0 Å². The molecule has 2 heterocycles. The number of ether oxygens (including phenoxy) is 1. The zero-order chi connectivity index (χ0) is 16.4. The van der Waals surface area contributed by atoms with Crippen molar-refractivity contribution in [1.29, 1.82) is 0 Å². The van der Waals surface area contributed by atoms with Crippen molar-refractivity contribution >= 4 is 5.91 Å². The third kappa shape index (κ3) is 4.09. The number of carbonyl (C=O) groups excluding carboxylic acids is 1. The Morgan fingerprint density at radius 1 is 1.39 bits per heavy atom. The zero-order valence-corrected chi connectivity index (χ0v) is 14.4. The fourth-order valence-electron chi connectivity index (χ4n) is 3.11. The molecule has 128 valence electrons. The van der Waals surface area contributed by atoms with Gasteiger partial charge in [-0.25, -0.2) is 0 Å². The molecule has 0 bridgehead atoms. The third-order valence-corrected chi connectivity index (χ3v) is 4.63. The first kappa shape index (κ1) is 16.4. The van der Waals surface area contributed by atoms with E-state index in [0.717, 1.165) is 17.9 Å². The highest BCUT2D eigenvalue weighted by Crippen LogP contribution is 2.34. The second-order valence-electron chi connectivity index (χ2n) is 7.04. The maximum absolute atomic E-state index is 12.5. The van der Waals surface area contributed by atoms with E-state index in [9.17, 15) is 4.79 Å². The van der Waals surface area contributed by atoms with Crippen LogP contribution in [-0.4, -0.2) is 71.1 Å². The van der Waals surface area contributed by atoms with Crippen molar-refractivity contribution in [2.24, 2.45) is 13.0 Å². The van der Waals surface area contributed by atoms with Crippen LogP contribution in [0.1, 0.15) is 36.6 Å². The molecule has 0 aromatic carbocycles. The number of hydrogen-bond acceptors (Lipinski definition) is 5. The molecule has 2 aliphatic rings. The van der Waals surface area contributed by atoms with Gasteiger partial charge in [-0.2, -0.15) is 0 Å². The van der Waals surface area contributed by atoms with Gasteiger partial charge in [0.1, 0.15) is 5.69 Å². The lowest BCUT2D eigenvalue weighted by Crippen LogP contribution is -2.40. The average Bonchev–Trinajstić information content (AvgIpc) is 3.24. The Balaban J connectivity index is 1.63. The number of fused-ring (bicyclic) bond motifs is 1. The van der Waals surface area contributed by atoms with E-state index in [1.807, 2.05) is 30.7 Å². The van der Waals surface area contributed by atoms with Gasteiger partial charge in [0.15, 0.2) is 0 Å². The van der Waals surface area contributed by atoms with Crippen LogP contribution in [0.15, 0.2) is 0 Å². The van der Waals surface area contributed by atoms with Gasteiger partial charge in [0, 0.05) is 32.5 Å². The van der Waals surface area contributed by atoms with E-state index in [-0.39, 0.29) is 11.8 Å². The van der Waals surface area contributed by atoms with Crippen molar-refractivity contribution < 1.29 is 9.53 Å². The van der Waals surface area contributed by atoms with Crippen LogP contribution >= 0.6 is 0 Å². The molecule has 7 nitrogen and oxygen atoms in total. The molecule has 1 aromatic rings. The van der Waals surface area contributed by atoms with E-state index < -0.39 is 0 Å². The maximum atomic E-state index is 12.5. The van der Waals surface area contributed by atoms with Gasteiger partial charge >= 0.3 is 0 Å². The third-order valence-electron chi connectivity index (χ3n) is 4.63. The van der Waals surface area contributed by atoms with Crippen LogP contribution in [0.2, 0.25) is 0 Å². The van der Waals surface area contributed by atoms with E-state index in [1.165, 1.54) is 12.8 Å². The molecule has 0 N–H and O–H groups in total. The van der Waals surface area contributed by atoms with Crippen LogP contribution in [-0.2, 0) is 23.1 Å². The second-order valence-corrected chi connectivity index (χ2v) is 7.04. The Bertz CT molecular complexity index is 553. The SMILES string of the molecule is CN(C)CCOC[C@@H]1CN(C(=O)CC2CC2)Cc2nnn(C)c21. The van der Waals surface area contributed by atoms with Crippen LogP contribution in [0, 0.1) is 5.92 Å². The summed E-state index contributed by atoms with van der Waals surface area (Å²) in [6, 6.07) is 0. The Kier molecular flexibility index (Phi) is 4.96. The lowest BCUT2D eigenvalue weighted by molar-refractivity contribution is -0.133. The first-order valence-corrected chi connectivity index (χ1v) is 8.43. The summed E-state index contributed by atoms with van der Waals surface area (Å²) in [7, 11) is 5.98. The molecule has 7 heteroatoms. The first-order valence-electron chi connectivity index (χ1n) is 8.43. The molecule has 1 amide bonds. The Morgan fingerprint density at radius 3 is 2.87 bits per heavy atom. The second kappa shape index (κ2) is 6.97. The molecule has 1 aromatic heterocycles. The molecule has 23 heavy (non-hydrogen) atoms. The Labute approximate surface area is 137 Å². The molecule has 1 fully saturated rings. The Morgan fingerprint density at radius 2 is 2.17 bits per heavy atom. The summed E-state index contributed by atoms with van der Waals surface area (Å²) < 4.78 is 7.67. The summed E-state index contributed by atoms with van der Waals surface area (Å²) in [6.45, 7) is 3.49. The molecule has 1 aliphatic carbocycles. The molecule has 1 atom stereocenters. The summed E-state index contributed by atoms with van der Waals surface area (Å²) in [4.78, 5) is 16.5. The van der Waals surface area contributed by atoms with Crippen LogP contribution in [0.25, 0.3) is 0 Å². The minimum Gasteiger partial charge on any atom is -0.379 e. The summed E-state index contributed by atoms with van der Waals surface area (Å²) >= 11 is 0. The molecular weight excluding hydrogens is 294 g/mol. The summed E-state index contributed by atoms with van der Waals surface area (Å²) in [5, 5.41) is 8.38. The number of aromatic nitrogens is 3. The van der Waals surface area contributed by atoms with Crippen molar-refractivity contribution in [2.75, 3.05) is 40.4 Å². The van der Waals surface area contributed by atoms with E-state index in [4.69, 9.17) is 4.74 Å². The fraction of sp³-hybridized carbons (Fsp3) is 0.812. The average molecular weight is 321 g/mol. The number of likely N-dealkylation sites (N-methyl/N-ethyl adjacent to an activating group) is 1. The number of aryl methyl sites for hydroxylation is 1. The van der Waals surface area contributed by atoms with Gasteiger partial charge in [0.2, 0.25) is 5.91 Å². The molecule has 0 unspecified atom stereocenters. The van der Waals surface area contributed by atoms with Crippen LogP contribution in [0.5, 0.6) is 0 Å². The summed E-state index contributed by atoms with van der Waals surface area (Å²) in [5.41, 5.74) is 2.04. The van der Waals surface area contributed by atoms with Crippen LogP contribution < -0.4 is 0 Å².